The van der Waals surface area contributed by atoms with E-state index in [4.69, 9.17) is 20.3 Å². The van der Waals surface area contributed by atoms with Crippen molar-refractivity contribution in [3.8, 4) is 5.75 Å². The van der Waals surface area contributed by atoms with Gasteiger partial charge in [-0.25, -0.2) is 0 Å². The van der Waals surface area contributed by atoms with Crippen LogP contribution < -0.4 is 15.8 Å². The van der Waals surface area contributed by atoms with E-state index in [1.54, 1.807) is 25.5 Å². The van der Waals surface area contributed by atoms with Gasteiger partial charge >= 0.3 is 0 Å². The van der Waals surface area contributed by atoms with E-state index in [1.165, 1.54) is 0 Å². The summed E-state index contributed by atoms with van der Waals surface area (Å²) >= 11 is 3.21. The van der Waals surface area contributed by atoms with Gasteiger partial charge in [-0.05, 0) is 45.8 Å². The Balaban J connectivity index is 1.77. The Morgan fingerprint density at radius 1 is 1.36 bits per heavy atom. The molecule has 4 N–H and O–H groups in total. The molecule has 0 spiro atoms. The Labute approximate surface area is 153 Å². The summed E-state index contributed by atoms with van der Waals surface area (Å²) in [6, 6.07) is 7.79. The van der Waals surface area contributed by atoms with Crippen LogP contribution in [0, 0.1) is 5.41 Å². The largest absolute Gasteiger partial charge is 0.497 e. The van der Waals surface area contributed by atoms with Crippen LogP contribution in [0.2, 0.25) is 0 Å². The number of halogens is 1. The van der Waals surface area contributed by atoms with Crippen LogP contribution >= 0.6 is 15.9 Å². The first-order valence-corrected chi connectivity index (χ1v) is 8.34. The molecule has 0 saturated carbocycles. The smallest absolute Gasteiger partial charge is 0.230 e. The van der Waals surface area contributed by atoms with Gasteiger partial charge in [-0.15, -0.1) is 0 Å². The molecule has 128 valence electrons. The zero-order valence-electron chi connectivity index (χ0n) is 13.5. The lowest BCUT2D eigenvalue weighted by Gasteiger charge is -2.12. The van der Waals surface area contributed by atoms with E-state index in [1.807, 2.05) is 30.3 Å². The Morgan fingerprint density at radius 3 is 2.76 bits per heavy atom. The predicted molar refractivity (Wildman–Crippen MR) is 101 cm³/mol. The van der Waals surface area contributed by atoms with Crippen LogP contribution in [-0.2, 0) is 6.54 Å². The number of nitrogens with zero attached hydrogens (tertiary/aromatic N) is 1. The second kappa shape index (κ2) is 7.40. The summed E-state index contributed by atoms with van der Waals surface area (Å²) in [5.74, 6) is 1.47. The van der Waals surface area contributed by atoms with Gasteiger partial charge in [0.2, 0.25) is 10.6 Å². The Morgan fingerprint density at radius 2 is 2.12 bits per heavy atom. The topological polar surface area (TPSA) is 97.2 Å². The van der Waals surface area contributed by atoms with Crippen LogP contribution in [0.1, 0.15) is 11.5 Å². The molecule has 0 unspecified atom stereocenters. The summed E-state index contributed by atoms with van der Waals surface area (Å²) in [6.07, 6.45) is 7.13. The number of ether oxygens (including phenoxy) is 1. The molecule has 0 saturated heterocycles. The number of oxazole rings is 1. The van der Waals surface area contributed by atoms with Crippen LogP contribution in [0.5, 0.6) is 5.75 Å². The fraction of sp³-hybridized carbons (Fsp3) is 0.111. The molecule has 1 aliphatic rings. The number of nitrogen functional groups attached to an aromatic ring is 1. The summed E-state index contributed by atoms with van der Waals surface area (Å²) in [6.45, 7) is 0.620. The standard InChI is InChI=1S/C18H17BrN4O2/c1-24-12-7-5-11(6-8-12)9-22-10-14-13(3-2-4-15(14)20)18-23-17(21)16(19)25-18/h2-8,10,20,22H,9,21H2,1H3/b14-10-,20-15?. The first kappa shape index (κ1) is 17.0. The average Bonchev–Trinajstić information content (AvgIpc) is 2.95. The lowest BCUT2D eigenvalue weighted by molar-refractivity contribution is 0.414. The lowest BCUT2D eigenvalue weighted by atomic mass is 9.97. The number of rotatable bonds is 5. The van der Waals surface area contributed by atoms with E-state index in [9.17, 15) is 0 Å². The first-order valence-electron chi connectivity index (χ1n) is 7.55. The molecule has 0 radical (unpaired) electrons. The molecule has 0 atom stereocenters. The van der Waals surface area contributed by atoms with Gasteiger partial charge in [-0.1, -0.05) is 18.2 Å². The Hall–Kier alpha value is -2.80. The maximum atomic E-state index is 8.16. The zero-order valence-corrected chi connectivity index (χ0v) is 15.1. The van der Waals surface area contributed by atoms with Crippen LogP contribution in [0.25, 0.3) is 5.57 Å². The number of hydrogen-bond donors (Lipinski definition) is 3. The van der Waals surface area contributed by atoms with Gasteiger partial charge in [-0.2, -0.15) is 4.98 Å². The molecule has 3 rings (SSSR count). The van der Waals surface area contributed by atoms with Crippen LogP contribution in [0.15, 0.2) is 63.4 Å². The second-order valence-corrected chi connectivity index (χ2v) is 6.04. The fourth-order valence-electron chi connectivity index (χ4n) is 2.35. The maximum Gasteiger partial charge on any atom is 0.230 e. The predicted octanol–water partition coefficient (Wildman–Crippen LogP) is 3.67. The zero-order chi connectivity index (χ0) is 17.8. The quantitative estimate of drug-likeness (QED) is 0.710. The highest BCUT2D eigenvalue weighted by Gasteiger charge is 2.20. The van der Waals surface area contributed by atoms with Gasteiger partial charge in [0.25, 0.3) is 0 Å². The minimum absolute atomic E-state index is 0.280. The Bertz CT molecular complexity index is 859. The molecule has 0 aliphatic heterocycles. The summed E-state index contributed by atoms with van der Waals surface area (Å²) in [4.78, 5) is 4.19. The van der Waals surface area contributed by atoms with Crippen molar-refractivity contribution in [1.82, 2.24) is 10.3 Å². The summed E-state index contributed by atoms with van der Waals surface area (Å²) in [5, 5.41) is 11.4. The number of benzene rings is 1. The van der Waals surface area contributed by atoms with E-state index in [0.717, 1.165) is 11.3 Å². The van der Waals surface area contributed by atoms with Crippen molar-refractivity contribution in [2.45, 2.75) is 6.54 Å². The third kappa shape index (κ3) is 3.83. The third-order valence-electron chi connectivity index (χ3n) is 3.66. The highest BCUT2D eigenvalue weighted by atomic mass is 79.9. The van der Waals surface area contributed by atoms with Crippen molar-refractivity contribution in [3.63, 3.8) is 0 Å². The van der Waals surface area contributed by atoms with Gasteiger partial charge in [0.05, 0.1) is 12.8 Å². The fourth-order valence-corrected chi connectivity index (χ4v) is 2.59. The molecular weight excluding hydrogens is 384 g/mol. The van der Waals surface area contributed by atoms with E-state index >= 15 is 0 Å². The number of anilines is 1. The minimum atomic E-state index is 0.280. The molecule has 1 heterocycles. The monoisotopic (exact) mass is 400 g/mol. The first-order chi connectivity index (χ1) is 12.1. The highest BCUT2D eigenvalue weighted by molar-refractivity contribution is 9.10. The number of nitrogens with two attached hydrogens (primary N) is 1. The van der Waals surface area contributed by atoms with Gasteiger partial charge in [0.15, 0.2) is 5.82 Å². The number of hydrogen-bond acceptors (Lipinski definition) is 6. The van der Waals surface area contributed by atoms with E-state index in [-0.39, 0.29) is 5.82 Å². The second-order valence-electron chi connectivity index (χ2n) is 5.32. The number of allylic oxidation sites excluding steroid dienone is 5. The normalized spacial score (nSPS) is 15.4. The molecule has 7 heteroatoms. The lowest BCUT2D eigenvalue weighted by Crippen LogP contribution is -2.12. The molecule has 0 bridgehead atoms. The third-order valence-corrected chi connectivity index (χ3v) is 4.23. The average molecular weight is 401 g/mol. The molecule has 2 aromatic rings. The number of nitrogens with one attached hydrogen (secondary N) is 2. The van der Waals surface area contributed by atoms with Crippen molar-refractivity contribution in [2.75, 3.05) is 12.8 Å². The van der Waals surface area contributed by atoms with Gasteiger partial charge in [-0.3, -0.25) is 0 Å². The molecule has 1 aromatic carbocycles. The van der Waals surface area contributed by atoms with E-state index < -0.39 is 0 Å². The van der Waals surface area contributed by atoms with Crippen molar-refractivity contribution < 1.29 is 9.15 Å². The van der Waals surface area contributed by atoms with E-state index in [2.05, 4.69) is 26.2 Å². The molecule has 25 heavy (non-hydrogen) atoms. The van der Waals surface area contributed by atoms with Gasteiger partial charge in [0.1, 0.15) is 5.75 Å². The Kier molecular flexibility index (Phi) is 5.04. The molecule has 1 aliphatic carbocycles. The van der Waals surface area contributed by atoms with Crippen molar-refractivity contribution >= 4 is 33.0 Å². The van der Waals surface area contributed by atoms with Crippen LogP contribution in [0.4, 0.5) is 5.82 Å². The van der Waals surface area contributed by atoms with Crippen LogP contribution in [0.3, 0.4) is 0 Å². The number of methoxy groups -OCH3 is 1. The molecule has 6 nitrogen and oxygen atoms in total. The van der Waals surface area contributed by atoms with Crippen molar-refractivity contribution in [2.24, 2.45) is 0 Å². The summed E-state index contributed by atoms with van der Waals surface area (Å²) in [7, 11) is 1.64. The van der Waals surface area contributed by atoms with Gasteiger partial charge < -0.3 is 25.6 Å². The summed E-state index contributed by atoms with van der Waals surface area (Å²) < 4.78 is 11.1. The van der Waals surface area contributed by atoms with Crippen molar-refractivity contribution in [1.29, 1.82) is 5.41 Å². The molecular formula is C18H17BrN4O2. The summed E-state index contributed by atoms with van der Waals surface area (Å²) in [5.41, 5.74) is 8.59. The maximum absolute atomic E-state index is 8.16. The van der Waals surface area contributed by atoms with Crippen LogP contribution in [-0.4, -0.2) is 17.8 Å². The highest BCUT2D eigenvalue weighted by Crippen LogP contribution is 2.30. The molecule has 0 amide bonds. The molecule has 1 aromatic heterocycles. The number of aromatic nitrogens is 1. The minimum Gasteiger partial charge on any atom is -0.497 e. The molecule has 0 fully saturated rings. The van der Waals surface area contributed by atoms with E-state index in [0.29, 0.717) is 34.0 Å². The SMILES string of the molecule is COc1ccc(CN/C=C2\C(=N)C=CC=C2c2nc(N)c(Br)o2)cc1. The van der Waals surface area contributed by atoms with Crippen molar-refractivity contribution in [3.05, 3.63) is 70.4 Å². The van der Waals surface area contributed by atoms with Gasteiger partial charge in [0, 0.05) is 23.9 Å².